The lowest BCUT2D eigenvalue weighted by molar-refractivity contribution is -0.146. The van der Waals surface area contributed by atoms with Crippen molar-refractivity contribution < 1.29 is 19.1 Å². The van der Waals surface area contributed by atoms with Crippen LogP contribution in [0.2, 0.25) is 0 Å². The van der Waals surface area contributed by atoms with Crippen LogP contribution in [-0.2, 0) is 14.3 Å². The Morgan fingerprint density at radius 3 is 2.17 bits per heavy atom. The molecule has 102 valence electrons. The van der Waals surface area contributed by atoms with Crippen LogP contribution in [0.1, 0.15) is 32.6 Å². The lowest BCUT2D eigenvalue weighted by Gasteiger charge is -2.27. The highest BCUT2D eigenvalue weighted by Gasteiger charge is 2.27. The Morgan fingerprint density at radius 2 is 1.67 bits per heavy atom. The average Bonchev–Trinajstić information content (AvgIpc) is 2.36. The number of carbonyl (C=O) groups is 3. The fourth-order valence-electron chi connectivity index (χ4n) is 2.01. The molecular formula is C11H19N3O4. The molecule has 0 saturated heterocycles. The Labute approximate surface area is 106 Å². The number of hydrazine groups is 1. The summed E-state index contributed by atoms with van der Waals surface area (Å²) in [4.78, 5) is 33.2. The lowest BCUT2D eigenvalue weighted by Crippen LogP contribution is -2.50. The molecule has 0 aromatic carbocycles. The second kappa shape index (κ2) is 6.83. The van der Waals surface area contributed by atoms with Gasteiger partial charge in [0.05, 0.1) is 13.0 Å². The molecule has 1 fully saturated rings. The Kier molecular flexibility index (Phi) is 5.41. The predicted molar refractivity (Wildman–Crippen MR) is 63.2 cm³/mol. The summed E-state index contributed by atoms with van der Waals surface area (Å²) in [5.74, 6) is -0.581. The molecule has 18 heavy (non-hydrogen) atoms. The first-order chi connectivity index (χ1) is 8.52. The summed E-state index contributed by atoms with van der Waals surface area (Å²) in [6.07, 6.45) is 2.87. The zero-order valence-corrected chi connectivity index (χ0v) is 10.6. The van der Waals surface area contributed by atoms with Gasteiger partial charge in [-0.3, -0.25) is 15.0 Å². The van der Waals surface area contributed by atoms with Crippen LogP contribution >= 0.6 is 0 Å². The second-order valence-electron chi connectivity index (χ2n) is 4.35. The highest BCUT2D eigenvalue weighted by Crippen LogP contribution is 2.25. The van der Waals surface area contributed by atoms with Gasteiger partial charge in [-0.1, -0.05) is 0 Å². The molecule has 1 aliphatic carbocycles. The van der Waals surface area contributed by atoms with Crippen molar-refractivity contribution in [3.8, 4) is 0 Å². The molecule has 1 aliphatic rings. The number of hydrogen-bond acceptors (Lipinski definition) is 4. The molecule has 7 heteroatoms. The van der Waals surface area contributed by atoms with Crippen LogP contribution in [0.5, 0.6) is 0 Å². The van der Waals surface area contributed by atoms with Crippen molar-refractivity contribution in [2.45, 2.75) is 38.6 Å². The number of urea groups is 1. The van der Waals surface area contributed by atoms with Gasteiger partial charge in [0, 0.05) is 13.0 Å². The van der Waals surface area contributed by atoms with Gasteiger partial charge in [0.1, 0.15) is 0 Å². The average molecular weight is 257 g/mol. The van der Waals surface area contributed by atoms with E-state index in [9.17, 15) is 14.4 Å². The highest BCUT2D eigenvalue weighted by atomic mass is 16.5. The summed E-state index contributed by atoms with van der Waals surface area (Å²) < 4.78 is 4.68. The Hall–Kier alpha value is -1.79. The Balaban J connectivity index is 2.25. The van der Waals surface area contributed by atoms with Crippen LogP contribution in [0, 0.1) is 5.92 Å². The van der Waals surface area contributed by atoms with E-state index in [1.807, 2.05) is 0 Å². The third kappa shape index (κ3) is 4.60. The number of amides is 3. The van der Waals surface area contributed by atoms with E-state index in [-0.39, 0.29) is 23.8 Å². The quantitative estimate of drug-likeness (QED) is 0.481. The first-order valence-electron chi connectivity index (χ1n) is 5.94. The third-order valence-corrected chi connectivity index (χ3v) is 2.95. The number of esters is 1. The summed E-state index contributed by atoms with van der Waals surface area (Å²) in [5, 5.41) is 2.73. The van der Waals surface area contributed by atoms with Gasteiger partial charge in [-0.15, -0.1) is 0 Å². The summed E-state index contributed by atoms with van der Waals surface area (Å²) in [5.41, 5.74) is 4.43. The molecular weight excluding hydrogens is 238 g/mol. The smallest absolute Gasteiger partial charge is 0.333 e. The molecule has 0 radical (unpaired) electrons. The highest BCUT2D eigenvalue weighted by molar-refractivity contribution is 5.79. The molecule has 7 nitrogen and oxygen atoms in total. The summed E-state index contributed by atoms with van der Waals surface area (Å²) in [7, 11) is 1.38. The lowest BCUT2D eigenvalue weighted by atomic mass is 9.86. The van der Waals surface area contributed by atoms with E-state index >= 15 is 0 Å². The monoisotopic (exact) mass is 257 g/mol. The molecule has 0 bridgehead atoms. The minimum atomic E-state index is -0.438. The summed E-state index contributed by atoms with van der Waals surface area (Å²) in [6.45, 7) is 1.31. The molecule has 0 heterocycles. The van der Waals surface area contributed by atoms with Crippen molar-refractivity contribution >= 4 is 17.9 Å². The molecule has 0 unspecified atom stereocenters. The standard InChI is InChI=1S/C11H19N3O4/c1-7(15)13-14-11(17)12-9-5-3-8(4-6-9)10(16)18-2/h8-9H,3-6H2,1-2H3,(H,13,15)(H2,12,14,17). The van der Waals surface area contributed by atoms with Crippen LogP contribution in [0.3, 0.4) is 0 Å². The van der Waals surface area contributed by atoms with Gasteiger partial charge in [-0.25, -0.2) is 10.2 Å². The molecule has 1 saturated carbocycles. The van der Waals surface area contributed by atoms with Crippen LogP contribution in [0.4, 0.5) is 4.79 Å². The van der Waals surface area contributed by atoms with Crippen LogP contribution in [-0.4, -0.2) is 31.1 Å². The largest absolute Gasteiger partial charge is 0.469 e. The van der Waals surface area contributed by atoms with Crippen LogP contribution < -0.4 is 16.2 Å². The number of methoxy groups -OCH3 is 1. The third-order valence-electron chi connectivity index (χ3n) is 2.95. The number of ether oxygens (including phenoxy) is 1. The number of nitrogens with one attached hydrogen (secondary N) is 3. The summed E-state index contributed by atoms with van der Waals surface area (Å²) in [6, 6.07) is -0.411. The van der Waals surface area contributed by atoms with Gasteiger partial charge >= 0.3 is 12.0 Å². The maximum Gasteiger partial charge on any atom is 0.333 e. The van der Waals surface area contributed by atoms with E-state index < -0.39 is 6.03 Å². The first kappa shape index (κ1) is 14.3. The van der Waals surface area contributed by atoms with Gasteiger partial charge in [-0.05, 0) is 25.7 Å². The van der Waals surface area contributed by atoms with E-state index in [1.165, 1.54) is 14.0 Å². The minimum Gasteiger partial charge on any atom is -0.469 e. The van der Waals surface area contributed by atoms with E-state index in [0.29, 0.717) is 12.8 Å². The van der Waals surface area contributed by atoms with Crippen molar-refractivity contribution in [1.29, 1.82) is 0 Å². The molecule has 0 aliphatic heterocycles. The van der Waals surface area contributed by atoms with Gasteiger partial charge < -0.3 is 10.1 Å². The Bertz CT molecular complexity index is 324. The predicted octanol–water partition coefficient (Wildman–Crippen LogP) is 0.0685. The topological polar surface area (TPSA) is 96.5 Å². The molecule has 0 aromatic heterocycles. The van der Waals surface area contributed by atoms with Gasteiger partial charge in [0.15, 0.2) is 0 Å². The zero-order chi connectivity index (χ0) is 13.5. The van der Waals surface area contributed by atoms with Crippen molar-refractivity contribution in [3.63, 3.8) is 0 Å². The number of carbonyl (C=O) groups excluding carboxylic acids is 3. The van der Waals surface area contributed by atoms with Gasteiger partial charge in [-0.2, -0.15) is 0 Å². The maximum atomic E-state index is 11.4. The molecule has 3 N–H and O–H groups in total. The summed E-state index contributed by atoms with van der Waals surface area (Å²) >= 11 is 0. The van der Waals surface area contributed by atoms with Crippen molar-refractivity contribution in [1.82, 2.24) is 16.2 Å². The van der Waals surface area contributed by atoms with Gasteiger partial charge in [0.25, 0.3) is 0 Å². The number of hydrogen-bond donors (Lipinski definition) is 3. The van der Waals surface area contributed by atoms with Crippen LogP contribution in [0.15, 0.2) is 0 Å². The fourth-order valence-corrected chi connectivity index (χ4v) is 2.01. The van der Waals surface area contributed by atoms with E-state index in [2.05, 4.69) is 20.9 Å². The molecule has 0 spiro atoms. The fraction of sp³-hybridized carbons (Fsp3) is 0.727. The molecule has 0 atom stereocenters. The second-order valence-corrected chi connectivity index (χ2v) is 4.35. The number of rotatable bonds is 2. The van der Waals surface area contributed by atoms with Crippen molar-refractivity contribution in [3.05, 3.63) is 0 Å². The van der Waals surface area contributed by atoms with Crippen molar-refractivity contribution in [2.75, 3.05) is 7.11 Å². The van der Waals surface area contributed by atoms with E-state index in [1.54, 1.807) is 0 Å². The van der Waals surface area contributed by atoms with Crippen molar-refractivity contribution in [2.24, 2.45) is 5.92 Å². The first-order valence-corrected chi connectivity index (χ1v) is 5.94. The Morgan fingerprint density at radius 1 is 1.06 bits per heavy atom. The van der Waals surface area contributed by atoms with Gasteiger partial charge in [0.2, 0.25) is 5.91 Å². The van der Waals surface area contributed by atoms with Crippen LogP contribution in [0.25, 0.3) is 0 Å². The van der Waals surface area contributed by atoms with E-state index in [0.717, 1.165) is 12.8 Å². The van der Waals surface area contributed by atoms with E-state index in [4.69, 9.17) is 0 Å². The minimum absolute atomic E-state index is 0.0275. The molecule has 3 amide bonds. The molecule has 1 rings (SSSR count). The zero-order valence-electron chi connectivity index (χ0n) is 10.6. The SMILES string of the molecule is COC(=O)C1CCC(NC(=O)NNC(C)=O)CC1. The molecule has 0 aromatic rings. The maximum absolute atomic E-state index is 11.4. The normalized spacial score (nSPS) is 22.8.